The van der Waals surface area contributed by atoms with Gasteiger partial charge in [0.05, 0.1) is 5.60 Å². The SMILES string of the molecule is COC1(C)CCCN(CC(N)c2ccccc2C)C1. The lowest BCUT2D eigenvalue weighted by atomic mass is 9.93. The zero-order valence-corrected chi connectivity index (χ0v) is 12.4. The van der Waals surface area contributed by atoms with Gasteiger partial charge < -0.3 is 10.5 Å². The molecule has 1 aliphatic rings. The third kappa shape index (κ3) is 3.56. The lowest BCUT2D eigenvalue weighted by Crippen LogP contribution is -2.49. The maximum absolute atomic E-state index is 6.37. The summed E-state index contributed by atoms with van der Waals surface area (Å²) in [6.45, 7) is 7.33. The Bertz CT molecular complexity index is 421. The molecule has 106 valence electrons. The Morgan fingerprint density at radius 2 is 2.16 bits per heavy atom. The van der Waals surface area contributed by atoms with E-state index in [1.807, 2.05) is 7.11 Å². The second-order valence-electron chi connectivity index (χ2n) is 5.96. The van der Waals surface area contributed by atoms with Crippen LogP contribution in [-0.4, -0.2) is 37.2 Å². The summed E-state index contributed by atoms with van der Waals surface area (Å²) < 4.78 is 5.64. The van der Waals surface area contributed by atoms with E-state index in [1.54, 1.807) is 0 Å². The summed E-state index contributed by atoms with van der Waals surface area (Å²) in [6, 6.07) is 8.48. The van der Waals surface area contributed by atoms with Crippen molar-refractivity contribution < 1.29 is 4.74 Å². The van der Waals surface area contributed by atoms with E-state index >= 15 is 0 Å². The summed E-state index contributed by atoms with van der Waals surface area (Å²) in [6.07, 6.45) is 2.32. The van der Waals surface area contributed by atoms with Crippen LogP contribution >= 0.6 is 0 Å². The lowest BCUT2D eigenvalue weighted by Gasteiger charge is -2.40. The fraction of sp³-hybridized carbons (Fsp3) is 0.625. The maximum Gasteiger partial charge on any atom is 0.0777 e. The molecule has 2 N–H and O–H groups in total. The first kappa shape index (κ1) is 14.5. The summed E-state index contributed by atoms with van der Waals surface area (Å²) in [4.78, 5) is 2.43. The molecule has 1 fully saturated rings. The van der Waals surface area contributed by atoms with E-state index in [2.05, 4.69) is 43.0 Å². The van der Waals surface area contributed by atoms with Crippen molar-refractivity contribution in [3.8, 4) is 0 Å². The van der Waals surface area contributed by atoms with E-state index in [4.69, 9.17) is 10.5 Å². The minimum atomic E-state index is -0.0102. The van der Waals surface area contributed by atoms with Gasteiger partial charge in [0.25, 0.3) is 0 Å². The fourth-order valence-electron chi connectivity index (χ4n) is 3.01. The molecule has 1 aromatic carbocycles. The highest BCUT2D eigenvalue weighted by atomic mass is 16.5. The van der Waals surface area contributed by atoms with Crippen LogP contribution in [0.15, 0.2) is 24.3 Å². The Kier molecular flexibility index (Phi) is 4.61. The Morgan fingerprint density at radius 3 is 2.84 bits per heavy atom. The number of nitrogens with zero attached hydrogens (tertiary/aromatic N) is 1. The molecule has 0 bridgehead atoms. The standard InChI is InChI=1S/C16H26N2O/c1-13-7-4-5-8-14(13)15(17)11-18-10-6-9-16(2,12-18)19-3/h4-5,7-8,15H,6,9-12,17H2,1-3H3. The molecule has 0 saturated carbocycles. The zero-order chi connectivity index (χ0) is 13.9. The van der Waals surface area contributed by atoms with E-state index < -0.39 is 0 Å². The van der Waals surface area contributed by atoms with Crippen LogP contribution in [0, 0.1) is 6.92 Å². The van der Waals surface area contributed by atoms with Crippen molar-refractivity contribution in [2.45, 2.75) is 38.3 Å². The summed E-state index contributed by atoms with van der Waals surface area (Å²) in [5, 5.41) is 0. The molecular formula is C16H26N2O. The van der Waals surface area contributed by atoms with Crippen LogP contribution in [0.3, 0.4) is 0 Å². The number of methoxy groups -OCH3 is 1. The molecule has 1 aromatic rings. The van der Waals surface area contributed by atoms with Crippen LogP contribution in [0.5, 0.6) is 0 Å². The van der Waals surface area contributed by atoms with Crippen LogP contribution in [0.1, 0.15) is 36.9 Å². The number of nitrogens with two attached hydrogens (primary N) is 1. The molecule has 0 amide bonds. The Labute approximate surface area is 116 Å². The molecule has 2 atom stereocenters. The van der Waals surface area contributed by atoms with Gasteiger partial charge in [0, 0.05) is 26.2 Å². The van der Waals surface area contributed by atoms with Crippen LogP contribution in [-0.2, 0) is 4.74 Å². The zero-order valence-electron chi connectivity index (χ0n) is 12.4. The van der Waals surface area contributed by atoms with Gasteiger partial charge in [-0.1, -0.05) is 24.3 Å². The molecule has 19 heavy (non-hydrogen) atoms. The fourth-order valence-corrected chi connectivity index (χ4v) is 3.01. The minimum Gasteiger partial charge on any atom is -0.377 e. The molecule has 1 saturated heterocycles. The average Bonchev–Trinajstić information content (AvgIpc) is 2.39. The summed E-state index contributed by atoms with van der Waals surface area (Å²) >= 11 is 0. The summed E-state index contributed by atoms with van der Waals surface area (Å²) in [5.74, 6) is 0. The number of aryl methyl sites for hydroxylation is 1. The van der Waals surface area contributed by atoms with Gasteiger partial charge in [0.2, 0.25) is 0 Å². The van der Waals surface area contributed by atoms with Crippen LogP contribution in [0.25, 0.3) is 0 Å². The largest absolute Gasteiger partial charge is 0.377 e. The lowest BCUT2D eigenvalue weighted by molar-refractivity contribution is -0.0517. The number of piperidine rings is 1. The average molecular weight is 262 g/mol. The predicted octanol–water partition coefficient (Wildman–Crippen LogP) is 2.50. The maximum atomic E-state index is 6.37. The highest BCUT2D eigenvalue weighted by Crippen LogP contribution is 2.25. The number of hydrogen-bond donors (Lipinski definition) is 1. The molecule has 0 radical (unpaired) electrons. The number of likely N-dealkylation sites (tertiary alicyclic amines) is 1. The van der Waals surface area contributed by atoms with Crippen molar-refractivity contribution in [3.05, 3.63) is 35.4 Å². The Hall–Kier alpha value is -0.900. The van der Waals surface area contributed by atoms with E-state index in [9.17, 15) is 0 Å². The van der Waals surface area contributed by atoms with Gasteiger partial charge in [-0.3, -0.25) is 4.90 Å². The molecule has 2 unspecified atom stereocenters. The van der Waals surface area contributed by atoms with E-state index in [1.165, 1.54) is 17.5 Å². The van der Waals surface area contributed by atoms with Crippen molar-refractivity contribution in [2.75, 3.05) is 26.7 Å². The number of ether oxygens (including phenoxy) is 1. The van der Waals surface area contributed by atoms with Gasteiger partial charge in [-0.15, -0.1) is 0 Å². The molecule has 3 nitrogen and oxygen atoms in total. The molecule has 0 aliphatic carbocycles. The van der Waals surface area contributed by atoms with Crippen molar-refractivity contribution in [2.24, 2.45) is 5.73 Å². The van der Waals surface area contributed by atoms with Gasteiger partial charge in [0.1, 0.15) is 0 Å². The first-order chi connectivity index (χ1) is 9.04. The second-order valence-corrected chi connectivity index (χ2v) is 5.96. The number of benzene rings is 1. The number of hydrogen-bond acceptors (Lipinski definition) is 3. The van der Waals surface area contributed by atoms with Crippen molar-refractivity contribution in [1.82, 2.24) is 4.90 Å². The topological polar surface area (TPSA) is 38.5 Å². The van der Waals surface area contributed by atoms with Crippen LogP contribution in [0.2, 0.25) is 0 Å². The first-order valence-corrected chi connectivity index (χ1v) is 7.13. The predicted molar refractivity (Wildman–Crippen MR) is 79.2 cm³/mol. The minimum absolute atomic E-state index is 0.0102. The first-order valence-electron chi connectivity index (χ1n) is 7.13. The monoisotopic (exact) mass is 262 g/mol. The summed E-state index contributed by atoms with van der Waals surface area (Å²) in [5.41, 5.74) is 8.90. The van der Waals surface area contributed by atoms with Crippen molar-refractivity contribution >= 4 is 0 Å². The van der Waals surface area contributed by atoms with Gasteiger partial charge >= 0.3 is 0 Å². The van der Waals surface area contributed by atoms with Crippen molar-refractivity contribution in [3.63, 3.8) is 0 Å². The molecule has 1 heterocycles. The van der Waals surface area contributed by atoms with Crippen molar-refractivity contribution in [1.29, 1.82) is 0 Å². The van der Waals surface area contributed by atoms with E-state index in [-0.39, 0.29) is 11.6 Å². The van der Waals surface area contributed by atoms with Gasteiger partial charge in [-0.05, 0) is 44.4 Å². The molecular weight excluding hydrogens is 236 g/mol. The summed E-state index contributed by atoms with van der Waals surface area (Å²) in [7, 11) is 1.81. The van der Waals surface area contributed by atoms with Gasteiger partial charge in [0.15, 0.2) is 0 Å². The Balaban J connectivity index is 1.99. The highest BCUT2D eigenvalue weighted by molar-refractivity contribution is 5.28. The second kappa shape index (κ2) is 6.04. The van der Waals surface area contributed by atoms with Gasteiger partial charge in [-0.25, -0.2) is 0 Å². The highest BCUT2D eigenvalue weighted by Gasteiger charge is 2.31. The van der Waals surface area contributed by atoms with E-state index in [0.717, 1.165) is 26.1 Å². The molecule has 1 aliphatic heterocycles. The molecule has 3 heteroatoms. The number of rotatable bonds is 4. The van der Waals surface area contributed by atoms with E-state index in [0.29, 0.717) is 0 Å². The smallest absolute Gasteiger partial charge is 0.0777 e. The molecule has 0 aromatic heterocycles. The third-order valence-electron chi connectivity index (χ3n) is 4.27. The quantitative estimate of drug-likeness (QED) is 0.906. The normalized spacial score (nSPS) is 26.3. The third-order valence-corrected chi connectivity index (χ3v) is 4.27. The van der Waals surface area contributed by atoms with Crippen LogP contribution in [0.4, 0.5) is 0 Å². The Morgan fingerprint density at radius 1 is 1.42 bits per heavy atom. The molecule has 2 rings (SSSR count). The van der Waals surface area contributed by atoms with Crippen LogP contribution < -0.4 is 5.73 Å². The molecule has 0 spiro atoms. The van der Waals surface area contributed by atoms with Gasteiger partial charge in [-0.2, -0.15) is 0 Å².